The molecule has 0 fully saturated rings. The van der Waals surface area contributed by atoms with Crippen LogP contribution in [-0.2, 0) is 23.7 Å². The number of para-hydroxylation sites is 3. The minimum Gasteiger partial charge on any atom is -0.383 e. The smallest absolute Gasteiger partial charge is 0.307 e. The van der Waals surface area contributed by atoms with E-state index in [0.717, 1.165) is 58.3 Å². The number of hydrogen-bond acceptors (Lipinski definition) is 5. The Morgan fingerprint density at radius 3 is 2.40 bits per heavy atom. The zero-order chi connectivity index (χ0) is 28.3. The molecule has 3 aromatic carbocycles. The zero-order valence-corrected chi connectivity index (χ0v) is 23.0. The summed E-state index contributed by atoms with van der Waals surface area (Å²) in [5.74, 6) is 0. The predicted octanol–water partition coefficient (Wildman–Crippen LogP) is 4.88. The molecule has 0 spiro atoms. The van der Waals surface area contributed by atoms with E-state index in [4.69, 9.17) is 4.55 Å². The molecular formula is C30H29N6O3S+. The van der Waals surface area contributed by atoms with Gasteiger partial charge in [0.1, 0.15) is 11.6 Å². The van der Waals surface area contributed by atoms with Gasteiger partial charge in [0.15, 0.2) is 16.6 Å². The third kappa shape index (κ3) is 5.25. The van der Waals surface area contributed by atoms with Crippen LogP contribution in [0.15, 0.2) is 96.4 Å². The number of benzene rings is 3. The Kier molecular flexibility index (Phi) is 7.51. The van der Waals surface area contributed by atoms with Gasteiger partial charge in [0.25, 0.3) is 10.1 Å². The maximum absolute atomic E-state index is 10.5. The van der Waals surface area contributed by atoms with Crippen LogP contribution in [0.3, 0.4) is 0 Å². The van der Waals surface area contributed by atoms with Gasteiger partial charge in [-0.15, -0.1) is 0 Å². The van der Waals surface area contributed by atoms with E-state index >= 15 is 0 Å². The third-order valence-corrected chi connectivity index (χ3v) is 7.65. The number of hydrogen-bond donors (Lipinski definition) is 2. The van der Waals surface area contributed by atoms with Crippen LogP contribution in [-0.4, -0.2) is 33.5 Å². The summed E-state index contributed by atoms with van der Waals surface area (Å²) in [5.41, 5.74) is 6.73. The molecule has 6 rings (SSSR count). The number of rotatable bonds is 6. The van der Waals surface area contributed by atoms with Crippen LogP contribution in [0, 0.1) is 18.3 Å². The van der Waals surface area contributed by atoms with Crippen LogP contribution in [0.1, 0.15) is 17.5 Å². The summed E-state index contributed by atoms with van der Waals surface area (Å²) < 4.78 is 35.9. The van der Waals surface area contributed by atoms with E-state index in [1.165, 1.54) is 12.1 Å². The SMILES string of the molecule is C[n+]1c2ccccc2n2c3ccccc3c(NCCCn3ccnc3)c(C#N)c21.Cc1ccc(S(=O)(=O)O)cc1. The Morgan fingerprint density at radius 1 is 1.02 bits per heavy atom. The summed E-state index contributed by atoms with van der Waals surface area (Å²) in [4.78, 5) is 4.02. The maximum atomic E-state index is 10.5. The second-order valence-electron chi connectivity index (χ2n) is 9.45. The lowest BCUT2D eigenvalue weighted by molar-refractivity contribution is -0.618. The first-order chi connectivity index (χ1) is 19.3. The Bertz CT molecular complexity index is 1960. The summed E-state index contributed by atoms with van der Waals surface area (Å²) >= 11 is 0. The Balaban J connectivity index is 0.000000248. The topological polar surface area (TPSA) is 116 Å². The number of nitrogens with zero attached hydrogens (tertiary/aromatic N) is 5. The number of pyridine rings is 1. The van der Waals surface area contributed by atoms with Gasteiger partial charge >= 0.3 is 5.65 Å². The van der Waals surface area contributed by atoms with Gasteiger partial charge in [-0.1, -0.05) is 42.0 Å². The van der Waals surface area contributed by atoms with Gasteiger partial charge in [0.05, 0.1) is 24.0 Å². The minimum atomic E-state index is -4.02. The first kappa shape index (κ1) is 26.9. The molecule has 0 saturated carbocycles. The van der Waals surface area contributed by atoms with Gasteiger partial charge < -0.3 is 9.88 Å². The van der Waals surface area contributed by atoms with Crippen molar-refractivity contribution in [2.24, 2.45) is 7.05 Å². The highest BCUT2D eigenvalue weighted by Gasteiger charge is 2.26. The quantitative estimate of drug-likeness (QED) is 0.173. The van der Waals surface area contributed by atoms with Gasteiger partial charge in [-0.2, -0.15) is 18.1 Å². The van der Waals surface area contributed by atoms with E-state index in [1.807, 2.05) is 50.8 Å². The van der Waals surface area contributed by atoms with Crippen molar-refractivity contribution < 1.29 is 17.5 Å². The Hall–Kier alpha value is -4.72. The zero-order valence-electron chi connectivity index (χ0n) is 22.2. The molecule has 10 heteroatoms. The van der Waals surface area contributed by atoms with Gasteiger partial charge in [0, 0.05) is 30.9 Å². The van der Waals surface area contributed by atoms with E-state index in [0.29, 0.717) is 5.56 Å². The number of aryl methyl sites for hydroxylation is 3. The lowest BCUT2D eigenvalue weighted by Crippen LogP contribution is -2.28. The van der Waals surface area contributed by atoms with Crippen molar-refractivity contribution >= 4 is 43.4 Å². The fourth-order valence-corrected chi connectivity index (χ4v) is 5.34. The van der Waals surface area contributed by atoms with E-state index < -0.39 is 10.1 Å². The molecule has 0 bridgehead atoms. The Labute approximate surface area is 232 Å². The van der Waals surface area contributed by atoms with Crippen LogP contribution in [0.4, 0.5) is 5.69 Å². The fourth-order valence-electron chi connectivity index (χ4n) is 4.86. The van der Waals surface area contributed by atoms with Crippen molar-refractivity contribution in [1.82, 2.24) is 14.0 Å². The molecule has 0 amide bonds. The highest BCUT2D eigenvalue weighted by Crippen LogP contribution is 2.32. The van der Waals surface area contributed by atoms with Crippen LogP contribution < -0.4 is 9.88 Å². The summed E-state index contributed by atoms with van der Waals surface area (Å²) in [6.07, 6.45) is 6.53. The molecule has 3 heterocycles. The van der Waals surface area contributed by atoms with Crippen molar-refractivity contribution in [2.45, 2.75) is 24.8 Å². The molecule has 3 aromatic heterocycles. The number of nitriles is 1. The normalized spacial score (nSPS) is 11.3. The lowest BCUT2D eigenvalue weighted by Gasteiger charge is -2.12. The molecule has 40 heavy (non-hydrogen) atoms. The average molecular weight is 554 g/mol. The molecule has 0 aliphatic rings. The van der Waals surface area contributed by atoms with Crippen molar-refractivity contribution in [1.29, 1.82) is 5.26 Å². The summed E-state index contributed by atoms with van der Waals surface area (Å²) in [5, 5.41) is 14.7. The molecule has 0 aliphatic carbocycles. The molecule has 9 nitrogen and oxygen atoms in total. The third-order valence-electron chi connectivity index (χ3n) is 6.79. The molecule has 0 aliphatic heterocycles. The van der Waals surface area contributed by atoms with E-state index in [1.54, 1.807) is 18.3 Å². The minimum absolute atomic E-state index is 0.0666. The van der Waals surface area contributed by atoms with Gasteiger partial charge in [-0.3, -0.25) is 4.55 Å². The molecule has 2 N–H and O–H groups in total. The van der Waals surface area contributed by atoms with Gasteiger partial charge in [-0.25, -0.2) is 9.55 Å². The lowest BCUT2D eigenvalue weighted by atomic mass is 10.1. The highest BCUT2D eigenvalue weighted by atomic mass is 32.2. The van der Waals surface area contributed by atoms with Crippen molar-refractivity contribution in [3.63, 3.8) is 0 Å². The number of nitrogens with one attached hydrogen (secondary N) is 1. The monoisotopic (exact) mass is 553 g/mol. The molecule has 202 valence electrons. The van der Waals surface area contributed by atoms with Crippen molar-refractivity contribution in [3.05, 3.63) is 103 Å². The average Bonchev–Trinajstić information content (AvgIpc) is 3.58. The summed E-state index contributed by atoms with van der Waals surface area (Å²) in [6.45, 7) is 3.50. The maximum Gasteiger partial charge on any atom is 0.307 e. The predicted molar refractivity (Wildman–Crippen MR) is 155 cm³/mol. The molecule has 0 unspecified atom stereocenters. The molecule has 0 atom stereocenters. The first-order valence-corrected chi connectivity index (χ1v) is 14.2. The number of anilines is 1. The highest BCUT2D eigenvalue weighted by molar-refractivity contribution is 7.85. The van der Waals surface area contributed by atoms with Crippen molar-refractivity contribution in [2.75, 3.05) is 11.9 Å². The molecular weight excluding hydrogens is 524 g/mol. The van der Waals surface area contributed by atoms with E-state index in [-0.39, 0.29) is 4.90 Å². The molecule has 0 saturated heterocycles. The number of aromatic nitrogens is 4. The van der Waals surface area contributed by atoms with Crippen LogP contribution >= 0.6 is 0 Å². The van der Waals surface area contributed by atoms with Crippen LogP contribution in [0.25, 0.3) is 27.6 Å². The van der Waals surface area contributed by atoms with Crippen LogP contribution in [0.5, 0.6) is 0 Å². The largest absolute Gasteiger partial charge is 0.383 e. The Morgan fingerprint density at radius 2 is 1.73 bits per heavy atom. The van der Waals surface area contributed by atoms with E-state index in [9.17, 15) is 13.7 Å². The van der Waals surface area contributed by atoms with E-state index in [2.05, 4.69) is 54.2 Å². The van der Waals surface area contributed by atoms with Gasteiger partial charge in [0.2, 0.25) is 0 Å². The second-order valence-corrected chi connectivity index (χ2v) is 10.9. The van der Waals surface area contributed by atoms with Gasteiger partial charge in [-0.05, 0) is 49.7 Å². The molecule has 0 radical (unpaired) electrons. The van der Waals surface area contributed by atoms with Crippen molar-refractivity contribution in [3.8, 4) is 6.07 Å². The summed E-state index contributed by atoms with van der Waals surface area (Å²) in [7, 11) is -2.00. The standard InChI is InChI=1S/C23H20N6.C7H8O3S/c1-27-20-9-4-5-10-21(20)29-19-8-3-2-7-17(19)22(18(15-24)23(27)29)26-11-6-13-28-14-12-25-16-28;1-6-2-4-7(5-3-6)11(8,9)10/h2-5,7-10,12,14,16H,6,11,13H2,1H3;2-5H,1H3,(H,8,9,10)/p+1. The summed E-state index contributed by atoms with van der Waals surface area (Å²) in [6, 6.07) is 25.0. The number of fused-ring (bicyclic) bond motifs is 5. The second kappa shape index (κ2) is 11.2. The number of imidazole rings is 2. The molecule has 6 aromatic rings. The van der Waals surface area contributed by atoms with Crippen LogP contribution in [0.2, 0.25) is 0 Å². The fraction of sp³-hybridized carbons (Fsp3) is 0.167. The first-order valence-electron chi connectivity index (χ1n) is 12.8.